The first-order valence-electron chi connectivity index (χ1n) is 6.43. The topological polar surface area (TPSA) is 92.7 Å². The summed E-state index contributed by atoms with van der Waals surface area (Å²) in [6.45, 7) is 0.636. The van der Waals surface area contributed by atoms with E-state index in [1.165, 1.54) is 12.1 Å². The molecule has 0 aromatic heterocycles. The summed E-state index contributed by atoms with van der Waals surface area (Å²) in [5, 5.41) is 9.15. The summed E-state index contributed by atoms with van der Waals surface area (Å²) >= 11 is 5.92. The van der Waals surface area contributed by atoms with E-state index in [4.69, 9.17) is 21.4 Å². The van der Waals surface area contributed by atoms with Crippen LogP contribution >= 0.6 is 11.6 Å². The van der Waals surface area contributed by atoms with Crippen molar-refractivity contribution in [3.8, 4) is 0 Å². The fraction of sp³-hybridized carbons (Fsp3) is 0.462. The molecule has 1 heterocycles. The number of sulfonamides is 1. The number of aliphatic carboxylic acids is 1. The van der Waals surface area contributed by atoms with E-state index >= 15 is 0 Å². The van der Waals surface area contributed by atoms with Crippen LogP contribution in [0.4, 0.5) is 0 Å². The lowest BCUT2D eigenvalue weighted by Crippen LogP contribution is -2.53. The third-order valence-electron chi connectivity index (χ3n) is 3.42. The van der Waals surface area contributed by atoms with Crippen LogP contribution in [0.3, 0.4) is 0 Å². The first-order chi connectivity index (χ1) is 9.85. The van der Waals surface area contributed by atoms with Crippen LogP contribution in [0.2, 0.25) is 5.02 Å². The van der Waals surface area contributed by atoms with Gasteiger partial charge in [-0.3, -0.25) is 4.79 Å². The molecule has 2 N–H and O–H groups in total. The predicted octanol–water partition coefficient (Wildman–Crippen LogP) is 1.64. The second kappa shape index (κ2) is 6.31. The number of carboxylic acids is 1. The van der Waals surface area contributed by atoms with Crippen molar-refractivity contribution in [2.24, 2.45) is 0 Å². The van der Waals surface area contributed by atoms with Gasteiger partial charge in [-0.15, -0.1) is 0 Å². The van der Waals surface area contributed by atoms with Crippen molar-refractivity contribution in [1.29, 1.82) is 0 Å². The number of nitrogens with one attached hydrogen (secondary N) is 1. The molecule has 0 radical (unpaired) electrons. The maximum Gasteiger partial charge on any atom is 0.305 e. The second-order valence-electron chi connectivity index (χ2n) is 5.00. The van der Waals surface area contributed by atoms with Crippen molar-refractivity contribution < 1.29 is 23.1 Å². The highest BCUT2D eigenvalue weighted by atomic mass is 35.5. The Bertz CT molecular complexity index is 625. The van der Waals surface area contributed by atoms with E-state index in [1.54, 1.807) is 12.1 Å². The van der Waals surface area contributed by atoms with E-state index in [0.29, 0.717) is 26.1 Å². The molecule has 0 bridgehead atoms. The maximum atomic E-state index is 12.5. The standard InChI is InChI=1S/C13H16ClNO5S/c14-10-3-1-2-4-11(10)21(18,19)15-13(9-12(16)17)5-7-20-8-6-13/h1-4,15H,5-9H2,(H,16,17). The highest BCUT2D eigenvalue weighted by molar-refractivity contribution is 7.89. The molecule has 1 saturated heterocycles. The van der Waals surface area contributed by atoms with Gasteiger partial charge < -0.3 is 9.84 Å². The van der Waals surface area contributed by atoms with Crippen molar-refractivity contribution in [3.63, 3.8) is 0 Å². The van der Waals surface area contributed by atoms with Crippen LogP contribution in [0.5, 0.6) is 0 Å². The Morgan fingerprint density at radius 3 is 2.52 bits per heavy atom. The van der Waals surface area contributed by atoms with Gasteiger partial charge >= 0.3 is 5.97 Å². The Morgan fingerprint density at radius 2 is 1.95 bits per heavy atom. The summed E-state index contributed by atoms with van der Waals surface area (Å²) < 4.78 is 32.7. The number of hydrogen-bond acceptors (Lipinski definition) is 4. The Hall–Kier alpha value is -1.15. The van der Waals surface area contributed by atoms with Gasteiger partial charge in [-0.2, -0.15) is 0 Å². The number of ether oxygens (including phenoxy) is 1. The van der Waals surface area contributed by atoms with E-state index in [1.807, 2.05) is 0 Å². The first kappa shape index (κ1) is 16.2. The number of halogens is 1. The monoisotopic (exact) mass is 333 g/mol. The van der Waals surface area contributed by atoms with E-state index < -0.39 is 21.5 Å². The highest BCUT2D eigenvalue weighted by Crippen LogP contribution is 2.29. The van der Waals surface area contributed by atoms with E-state index in [2.05, 4.69) is 4.72 Å². The predicted molar refractivity (Wildman–Crippen MR) is 76.8 cm³/mol. The highest BCUT2D eigenvalue weighted by Gasteiger charge is 2.39. The zero-order valence-corrected chi connectivity index (χ0v) is 12.8. The molecule has 116 valence electrons. The van der Waals surface area contributed by atoms with Crippen molar-refractivity contribution in [3.05, 3.63) is 29.3 Å². The number of carbonyl (C=O) groups is 1. The molecule has 1 fully saturated rings. The Kier molecular flexibility index (Phi) is 4.88. The van der Waals surface area contributed by atoms with Crippen molar-refractivity contribution in [2.45, 2.75) is 29.7 Å². The first-order valence-corrected chi connectivity index (χ1v) is 8.29. The third-order valence-corrected chi connectivity index (χ3v) is 5.49. The average molecular weight is 334 g/mol. The van der Waals surface area contributed by atoms with Gasteiger partial charge in [-0.05, 0) is 25.0 Å². The molecule has 0 unspecified atom stereocenters. The summed E-state index contributed by atoms with van der Waals surface area (Å²) in [6, 6.07) is 6.06. The van der Waals surface area contributed by atoms with E-state index in [-0.39, 0.29) is 16.3 Å². The van der Waals surface area contributed by atoms with Crippen LogP contribution in [0.1, 0.15) is 19.3 Å². The van der Waals surface area contributed by atoms with Crippen LogP contribution in [-0.2, 0) is 19.6 Å². The van der Waals surface area contributed by atoms with E-state index in [0.717, 1.165) is 0 Å². The lowest BCUT2D eigenvalue weighted by Gasteiger charge is -2.36. The molecule has 0 atom stereocenters. The van der Waals surface area contributed by atoms with Gasteiger partial charge in [0.25, 0.3) is 0 Å². The Balaban J connectivity index is 2.31. The Morgan fingerprint density at radius 1 is 1.33 bits per heavy atom. The summed E-state index contributed by atoms with van der Waals surface area (Å²) in [5.41, 5.74) is -1.04. The zero-order chi connectivity index (χ0) is 15.5. The zero-order valence-electron chi connectivity index (χ0n) is 11.2. The van der Waals surface area contributed by atoms with E-state index in [9.17, 15) is 13.2 Å². The van der Waals surface area contributed by atoms with Crippen LogP contribution in [-0.4, -0.2) is 38.2 Å². The molecule has 1 aliphatic rings. The van der Waals surface area contributed by atoms with Gasteiger partial charge in [0.1, 0.15) is 4.90 Å². The molecule has 8 heteroatoms. The smallest absolute Gasteiger partial charge is 0.305 e. The largest absolute Gasteiger partial charge is 0.481 e. The Labute approximate surface area is 128 Å². The molecule has 0 spiro atoms. The number of carboxylic acid groups (broad SMARTS) is 1. The van der Waals surface area contributed by atoms with Gasteiger partial charge in [0.2, 0.25) is 10.0 Å². The van der Waals surface area contributed by atoms with Crippen LogP contribution in [0, 0.1) is 0 Å². The minimum atomic E-state index is -3.90. The summed E-state index contributed by atoms with van der Waals surface area (Å²) in [6.07, 6.45) is 0.325. The molecular weight excluding hydrogens is 318 g/mol. The summed E-state index contributed by atoms with van der Waals surface area (Å²) in [7, 11) is -3.90. The fourth-order valence-corrected chi connectivity index (χ4v) is 4.35. The molecule has 1 aromatic rings. The van der Waals surface area contributed by atoms with Crippen LogP contribution in [0.15, 0.2) is 29.2 Å². The van der Waals surface area contributed by atoms with Gasteiger partial charge in [0.05, 0.1) is 11.4 Å². The summed E-state index contributed by atoms with van der Waals surface area (Å²) in [5.74, 6) is -1.06. The van der Waals surface area contributed by atoms with Gasteiger partial charge in [-0.25, -0.2) is 13.1 Å². The quantitative estimate of drug-likeness (QED) is 0.854. The van der Waals surface area contributed by atoms with Crippen molar-refractivity contribution in [2.75, 3.05) is 13.2 Å². The molecule has 0 aliphatic carbocycles. The molecule has 0 saturated carbocycles. The molecule has 1 aromatic carbocycles. The van der Waals surface area contributed by atoms with Crippen LogP contribution in [0.25, 0.3) is 0 Å². The minimum Gasteiger partial charge on any atom is -0.481 e. The number of benzene rings is 1. The summed E-state index contributed by atoms with van der Waals surface area (Å²) in [4.78, 5) is 11.0. The molecule has 2 rings (SSSR count). The minimum absolute atomic E-state index is 0.0528. The van der Waals surface area contributed by atoms with Crippen LogP contribution < -0.4 is 4.72 Å². The normalized spacial score (nSPS) is 18.3. The fourth-order valence-electron chi connectivity index (χ4n) is 2.37. The van der Waals surface area contributed by atoms with Crippen molar-refractivity contribution >= 4 is 27.6 Å². The average Bonchev–Trinajstić information content (AvgIpc) is 2.38. The molecule has 21 heavy (non-hydrogen) atoms. The van der Waals surface area contributed by atoms with Gasteiger partial charge in [0, 0.05) is 18.8 Å². The molecule has 1 aliphatic heterocycles. The van der Waals surface area contributed by atoms with Gasteiger partial charge in [-0.1, -0.05) is 23.7 Å². The molecular formula is C13H16ClNO5S. The second-order valence-corrected chi connectivity index (χ2v) is 7.06. The van der Waals surface area contributed by atoms with Gasteiger partial charge in [0.15, 0.2) is 0 Å². The lowest BCUT2D eigenvalue weighted by atomic mass is 9.88. The molecule has 0 amide bonds. The number of rotatable bonds is 5. The SMILES string of the molecule is O=C(O)CC1(NS(=O)(=O)c2ccccc2Cl)CCOCC1. The number of hydrogen-bond donors (Lipinski definition) is 2. The molecule has 6 nitrogen and oxygen atoms in total. The lowest BCUT2D eigenvalue weighted by molar-refractivity contribution is -0.139. The van der Waals surface area contributed by atoms with Crippen molar-refractivity contribution in [1.82, 2.24) is 4.72 Å². The maximum absolute atomic E-state index is 12.5. The third kappa shape index (κ3) is 3.94.